The lowest BCUT2D eigenvalue weighted by Gasteiger charge is -2.05. The molecule has 0 aromatic carbocycles. The van der Waals surface area contributed by atoms with Crippen molar-refractivity contribution < 1.29 is 14.4 Å². The Hall–Kier alpha value is -1.36. The number of carboxylic acid groups (broad SMARTS) is 1. The molecule has 0 radical (unpaired) electrons. The summed E-state index contributed by atoms with van der Waals surface area (Å²) in [5, 5.41) is 12.4. The molecule has 0 aliphatic heterocycles. The van der Waals surface area contributed by atoms with Crippen LogP contribution in [0.3, 0.4) is 0 Å². The van der Waals surface area contributed by atoms with Crippen molar-refractivity contribution in [3.8, 4) is 0 Å². The van der Waals surface area contributed by atoms with Crippen LogP contribution in [-0.4, -0.2) is 22.8 Å². The number of aryl methyl sites for hydroxylation is 1. The molecule has 0 bridgehead atoms. The van der Waals surface area contributed by atoms with E-state index in [0.717, 1.165) is 0 Å². The molecule has 0 aliphatic rings. The van der Waals surface area contributed by atoms with Crippen LogP contribution in [0, 0.1) is 12.8 Å². The smallest absolute Gasteiger partial charge is 0.308 e. The SMILES string of the molecule is Cc1cc(CC(CN)C(=O)O)no1. The summed E-state index contributed by atoms with van der Waals surface area (Å²) in [5.41, 5.74) is 5.92. The number of aromatic nitrogens is 1. The van der Waals surface area contributed by atoms with Gasteiger partial charge in [-0.2, -0.15) is 0 Å². The number of rotatable bonds is 4. The Morgan fingerprint density at radius 1 is 1.85 bits per heavy atom. The summed E-state index contributed by atoms with van der Waals surface area (Å²) in [5.74, 6) is -0.802. The average Bonchev–Trinajstić information content (AvgIpc) is 2.46. The molecule has 0 spiro atoms. The highest BCUT2D eigenvalue weighted by atomic mass is 16.5. The molecule has 0 amide bonds. The molecule has 5 nitrogen and oxygen atoms in total. The highest BCUT2D eigenvalue weighted by Crippen LogP contribution is 2.08. The van der Waals surface area contributed by atoms with Gasteiger partial charge in [-0.1, -0.05) is 5.16 Å². The fraction of sp³-hybridized carbons (Fsp3) is 0.500. The summed E-state index contributed by atoms with van der Waals surface area (Å²) in [6.45, 7) is 1.87. The lowest BCUT2D eigenvalue weighted by Crippen LogP contribution is -2.25. The minimum atomic E-state index is -0.900. The van der Waals surface area contributed by atoms with Gasteiger partial charge in [0, 0.05) is 19.0 Å². The van der Waals surface area contributed by atoms with Crippen LogP contribution in [0.4, 0.5) is 0 Å². The first kappa shape index (κ1) is 9.73. The Morgan fingerprint density at radius 3 is 2.92 bits per heavy atom. The lowest BCUT2D eigenvalue weighted by molar-refractivity contribution is -0.141. The van der Waals surface area contributed by atoms with Crippen LogP contribution in [0.25, 0.3) is 0 Å². The van der Waals surface area contributed by atoms with Gasteiger partial charge in [-0.15, -0.1) is 0 Å². The molecule has 0 aliphatic carbocycles. The fourth-order valence-electron chi connectivity index (χ4n) is 1.04. The quantitative estimate of drug-likeness (QED) is 0.697. The number of hydrogen-bond acceptors (Lipinski definition) is 4. The third-order valence-corrected chi connectivity index (χ3v) is 1.77. The summed E-state index contributed by atoms with van der Waals surface area (Å²) in [7, 11) is 0. The molecule has 13 heavy (non-hydrogen) atoms. The molecule has 1 heterocycles. The second kappa shape index (κ2) is 4.04. The van der Waals surface area contributed by atoms with E-state index in [9.17, 15) is 4.79 Å². The van der Waals surface area contributed by atoms with Crippen molar-refractivity contribution in [2.24, 2.45) is 11.7 Å². The molecule has 0 saturated heterocycles. The van der Waals surface area contributed by atoms with E-state index < -0.39 is 11.9 Å². The minimum Gasteiger partial charge on any atom is -0.481 e. The Labute approximate surface area is 75.5 Å². The summed E-state index contributed by atoms with van der Waals surface area (Å²) in [4.78, 5) is 10.6. The van der Waals surface area contributed by atoms with Crippen LogP contribution in [0.1, 0.15) is 11.5 Å². The average molecular weight is 184 g/mol. The van der Waals surface area contributed by atoms with E-state index >= 15 is 0 Å². The zero-order chi connectivity index (χ0) is 9.84. The van der Waals surface area contributed by atoms with Gasteiger partial charge in [0.15, 0.2) is 0 Å². The highest BCUT2D eigenvalue weighted by Gasteiger charge is 2.17. The topological polar surface area (TPSA) is 89.4 Å². The largest absolute Gasteiger partial charge is 0.481 e. The number of aliphatic carboxylic acids is 1. The van der Waals surface area contributed by atoms with E-state index in [4.69, 9.17) is 15.4 Å². The maximum absolute atomic E-state index is 10.6. The summed E-state index contributed by atoms with van der Waals surface area (Å²) >= 11 is 0. The minimum absolute atomic E-state index is 0.112. The van der Waals surface area contributed by atoms with Crippen molar-refractivity contribution in [2.45, 2.75) is 13.3 Å². The molecule has 3 N–H and O–H groups in total. The van der Waals surface area contributed by atoms with Crippen LogP contribution < -0.4 is 5.73 Å². The summed E-state index contributed by atoms with van der Waals surface area (Å²) in [6, 6.07) is 1.71. The second-order valence-corrected chi connectivity index (χ2v) is 2.90. The molecular formula is C8H12N2O3. The second-order valence-electron chi connectivity index (χ2n) is 2.90. The van der Waals surface area contributed by atoms with Gasteiger partial charge in [-0.25, -0.2) is 0 Å². The monoisotopic (exact) mass is 184 g/mol. The van der Waals surface area contributed by atoms with Gasteiger partial charge in [0.05, 0.1) is 11.6 Å². The van der Waals surface area contributed by atoms with Crippen molar-refractivity contribution >= 4 is 5.97 Å². The zero-order valence-electron chi connectivity index (χ0n) is 7.36. The first-order valence-electron chi connectivity index (χ1n) is 3.98. The van der Waals surface area contributed by atoms with Crippen molar-refractivity contribution in [2.75, 3.05) is 6.54 Å². The van der Waals surface area contributed by atoms with Gasteiger partial charge in [0.1, 0.15) is 5.76 Å². The summed E-state index contributed by atoms with van der Waals surface area (Å²) < 4.78 is 4.81. The van der Waals surface area contributed by atoms with E-state index in [1.807, 2.05) is 0 Å². The zero-order valence-corrected chi connectivity index (χ0v) is 7.36. The first-order chi connectivity index (χ1) is 6.13. The molecule has 0 fully saturated rings. The van der Waals surface area contributed by atoms with E-state index in [-0.39, 0.29) is 6.54 Å². The van der Waals surface area contributed by atoms with Crippen LogP contribution in [-0.2, 0) is 11.2 Å². The molecule has 72 valence electrons. The van der Waals surface area contributed by atoms with Crippen molar-refractivity contribution in [3.05, 3.63) is 17.5 Å². The standard InChI is InChI=1S/C8H12N2O3/c1-5-2-7(10-13-5)3-6(4-9)8(11)12/h2,6H,3-4,9H2,1H3,(H,11,12). The van der Waals surface area contributed by atoms with E-state index in [1.165, 1.54) is 0 Å². The van der Waals surface area contributed by atoms with Gasteiger partial charge in [-0.05, 0) is 6.92 Å². The maximum Gasteiger partial charge on any atom is 0.308 e. The van der Waals surface area contributed by atoms with Crippen molar-refractivity contribution in [1.82, 2.24) is 5.16 Å². The van der Waals surface area contributed by atoms with Crippen LogP contribution in [0.2, 0.25) is 0 Å². The maximum atomic E-state index is 10.6. The lowest BCUT2D eigenvalue weighted by atomic mass is 10.0. The van der Waals surface area contributed by atoms with E-state index in [0.29, 0.717) is 17.9 Å². The van der Waals surface area contributed by atoms with Crippen LogP contribution in [0.5, 0.6) is 0 Å². The van der Waals surface area contributed by atoms with Crippen LogP contribution in [0.15, 0.2) is 10.6 Å². The van der Waals surface area contributed by atoms with Crippen molar-refractivity contribution in [3.63, 3.8) is 0 Å². The third kappa shape index (κ3) is 2.55. The number of carbonyl (C=O) groups is 1. The number of nitrogens with two attached hydrogens (primary N) is 1. The van der Waals surface area contributed by atoms with Gasteiger partial charge in [0.2, 0.25) is 0 Å². The van der Waals surface area contributed by atoms with E-state index in [1.54, 1.807) is 13.0 Å². The first-order valence-corrected chi connectivity index (χ1v) is 3.98. The predicted molar refractivity (Wildman–Crippen MR) is 45.1 cm³/mol. The van der Waals surface area contributed by atoms with Gasteiger partial charge in [-0.3, -0.25) is 4.79 Å². The van der Waals surface area contributed by atoms with Crippen molar-refractivity contribution in [1.29, 1.82) is 0 Å². The molecule has 1 unspecified atom stereocenters. The molecule has 1 aromatic rings. The predicted octanol–water partition coefficient (Wildman–Crippen LogP) is 0.185. The normalized spacial score (nSPS) is 12.8. The summed E-state index contributed by atoms with van der Waals surface area (Å²) in [6.07, 6.45) is 0.323. The Kier molecular flexibility index (Phi) is 3.02. The van der Waals surface area contributed by atoms with Crippen LogP contribution >= 0.6 is 0 Å². The molecule has 1 atom stereocenters. The van der Waals surface area contributed by atoms with Gasteiger partial charge in [0.25, 0.3) is 0 Å². The Morgan fingerprint density at radius 2 is 2.54 bits per heavy atom. The number of hydrogen-bond donors (Lipinski definition) is 2. The molecule has 1 aromatic heterocycles. The third-order valence-electron chi connectivity index (χ3n) is 1.77. The molecular weight excluding hydrogens is 172 g/mol. The molecule has 0 saturated carbocycles. The molecule has 5 heteroatoms. The van der Waals surface area contributed by atoms with Gasteiger partial charge < -0.3 is 15.4 Å². The van der Waals surface area contributed by atoms with Gasteiger partial charge >= 0.3 is 5.97 Å². The Bertz CT molecular complexity index is 295. The highest BCUT2D eigenvalue weighted by molar-refractivity contribution is 5.70. The number of nitrogens with zero attached hydrogens (tertiary/aromatic N) is 1. The fourth-order valence-corrected chi connectivity index (χ4v) is 1.04. The number of carboxylic acids is 1. The molecule has 1 rings (SSSR count). The Balaban J connectivity index is 2.61. The van der Waals surface area contributed by atoms with E-state index in [2.05, 4.69) is 5.16 Å².